The predicted molar refractivity (Wildman–Crippen MR) is 62.2 cm³/mol. The van der Waals surface area contributed by atoms with Crippen LogP contribution in [0.15, 0.2) is 24.3 Å². The zero-order chi connectivity index (χ0) is 12.0. The van der Waals surface area contributed by atoms with Gasteiger partial charge in [0.25, 0.3) is 0 Å². The number of phenolic OH excluding ortho intramolecular Hbond substituents is 1. The van der Waals surface area contributed by atoms with Crippen LogP contribution in [-0.2, 0) is 16.0 Å². The molecule has 0 aliphatic rings. The van der Waals surface area contributed by atoms with Gasteiger partial charge in [-0.1, -0.05) is 26.0 Å². The van der Waals surface area contributed by atoms with Crippen LogP contribution >= 0.6 is 0 Å². The van der Waals surface area contributed by atoms with Gasteiger partial charge in [-0.2, -0.15) is 0 Å². The number of hydrogen-bond acceptors (Lipinski definition) is 3. The van der Waals surface area contributed by atoms with Gasteiger partial charge in [-0.3, -0.25) is 4.79 Å². The monoisotopic (exact) mass is 222 g/mol. The highest BCUT2D eigenvalue weighted by Crippen LogP contribution is 2.10. The largest absolute Gasteiger partial charge is 0.508 e. The summed E-state index contributed by atoms with van der Waals surface area (Å²) in [6, 6.07) is 6.91. The molecule has 1 N–H and O–H groups in total. The first-order chi connectivity index (χ1) is 7.63. The molecule has 0 saturated carbocycles. The summed E-state index contributed by atoms with van der Waals surface area (Å²) in [5, 5.41) is 9.09. The number of rotatable bonds is 5. The van der Waals surface area contributed by atoms with Crippen LogP contribution in [0.1, 0.15) is 25.8 Å². The van der Waals surface area contributed by atoms with E-state index in [1.54, 1.807) is 12.1 Å². The minimum absolute atomic E-state index is 0.0279. The summed E-state index contributed by atoms with van der Waals surface area (Å²) in [5.74, 6) is 0.0847. The molecule has 1 rings (SSSR count). The molecule has 16 heavy (non-hydrogen) atoms. The van der Waals surface area contributed by atoms with Crippen LogP contribution in [0.5, 0.6) is 5.75 Å². The third-order valence-electron chi connectivity index (χ3n) is 2.59. The van der Waals surface area contributed by atoms with E-state index >= 15 is 0 Å². The van der Waals surface area contributed by atoms with Crippen molar-refractivity contribution in [2.24, 2.45) is 5.92 Å². The summed E-state index contributed by atoms with van der Waals surface area (Å²) in [7, 11) is 0. The molecule has 1 atom stereocenters. The second kappa shape index (κ2) is 6.16. The lowest BCUT2D eigenvalue weighted by molar-refractivity contribution is -0.147. The van der Waals surface area contributed by atoms with E-state index in [2.05, 4.69) is 0 Å². The van der Waals surface area contributed by atoms with Crippen molar-refractivity contribution >= 4 is 5.97 Å². The molecule has 3 nitrogen and oxygen atoms in total. The van der Waals surface area contributed by atoms with Crippen molar-refractivity contribution in [2.45, 2.75) is 26.7 Å². The Bertz CT molecular complexity index is 330. The van der Waals surface area contributed by atoms with Crippen molar-refractivity contribution in [1.82, 2.24) is 0 Å². The zero-order valence-corrected chi connectivity index (χ0v) is 9.77. The summed E-state index contributed by atoms with van der Waals surface area (Å²) in [4.78, 5) is 11.4. The SMILES string of the molecule is CC[C@H](C)C(=O)OCCc1ccc(O)cc1. The van der Waals surface area contributed by atoms with E-state index in [1.807, 2.05) is 26.0 Å². The first-order valence-corrected chi connectivity index (χ1v) is 5.58. The molecule has 0 radical (unpaired) electrons. The molecule has 88 valence electrons. The second-order valence-corrected chi connectivity index (χ2v) is 3.89. The Labute approximate surface area is 96.1 Å². The van der Waals surface area contributed by atoms with Crippen LogP contribution in [-0.4, -0.2) is 17.7 Å². The molecular formula is C13H18O3. The van der Waals surface area contributed by atoms with E-state index in [1.165, 1.54) is 0 Å². The average Bonchev–Trinajstić information content (AvgIpc) is 2.30. The molecule has 0 unspecified atom stereocenters. The van der Waals surface area contributed by atoms with E-state index in [4.69, 9.17) is 9.84 Å². The Morgan fingerprint density at radius 1 is 1.38 bits per heavy atom. The lowest BCUT2D eigenvalue weighted by Crippen LogP contribution is -2.15. The Kier molecular flexibility index (Phi) is 4.83. The molecule has 0 bridgehead atoms. The normalized spacial score (nSPS) is 12.1. The maximum Gasteiger partial charge on any atom is 0.308 e. The number of ether oxygens (including phenoxy) is 1. The number of carbonyl (C=O) groups is 1. The highest BCUT2D eigenvalue weighted by molar-refractivity contribution is 5.71. The molecule has 0 amide bonds. The van der Waals surface area contributed by atoms with Gasteiger partial charge in [0.05, 0.1) is 12.5 Å². The summed E-state index contributed by atoms with van der Waals surface area (Å²) in [6.07, 6.45) is 1.49. The quantitative estimate of drug-likeness (QED) is 0.779. The van der Waals surface area contributed by atoms with Crippen LogP contribution in [0.25, 0.3) is 0 Å². The fourth-order valence-corrected chi connectivity index (χ4v) is 1.24. The Morgan fingerprint density at radius 2 is 2.00 bits per heavy atom. The van der Waals surface area contributed by atoms with E-state index in [-0.39, 0.29) is 17.6 Å². The molecule has 3 heteroatoms. The van der Waals surface area contributed by atoms with E-state index in [0.717, 1.165) is 12.0 Å². The fraction of sp³-hybridized carbons (Fsp3) is 0.462. The van der Waals surface area contributed by atoms with Gasteiger partial charge in [-0.05, 0) is 24.1 Å². The molecule has 1 aromatic carbocycles. The van der Waals surface area contributed by atoms with Gasteiger partial charge in [0, 0.05) is 6.42 Å². The van der Waals surface area contributed by atoms with Gasteiger partial charge in [-0.25, -0.2) is 0 Å². The van der Waals surface area contributed by atoms with Crippen molar-refractivity contribution in [1.29, 1.82) is 0 Å². The third-order valence-corrected chi connectivity index (χ3v) is 2.59. The van der Waals surface area contributed by atoms with Gasteiger partial charge in [0.2, 0.25) is 0 Å². The van der Waals surface area contributed by atoms with Crippen molar-refractivity contribution in [3.63, 3.8) is 0 Å². The first-order valence-electron chi connectivity index (χ1n) is 5.58. The van der Waals surface area contributed by atoms with Crippen LogP contribution in [0.4, 0.5) is 0 Å². The topological polar surface area (TPSA) is 46.5 Å². The average molecular weight is 222 g/mol. The maximum atomic E-state index is 11.4. The van der Waals surface area contributed by atoms with Crippen LogP contribution in [0.2, 0.25) is 0 Å². The standard InChI is InChI=1S/C13H18O3/c1-3-10(2)13(15)16-9-8-11-4-6-12(14)7-5-11/h4-7,10,14H,3,8-9H2,1-2H3/t10-/m0/s1. The molecule has 0 aliphatic carbocycles. The Hall–Kier alpha value is -1.51. The van der Waals surface area contributed by atoms with Crippen molar-refractivity contribution in [3.8, 4) is 5.75 Å². The lowest BCUT2D eigenvalue weighted by Gasteiger charge is -2.09. The molecular weight excluding hydrogens is 204 g/mol. The number of aromatic hydroxyl groups is 1. The Balaban J connectivity index is 2.30. The number of carbonyl (C=O) groups excluding carboxylic acids is 1. The summed E-state index contributed by atoms with van der Waals surface area (Å²) < 4.78 is 5.13. The highest BCUT2D eigenvalue weighted by atomic mass is 16.5. The van der Waals surface area contributed by atoms with E-state index in [0.29, 0.717) is 13.0 Å². The maximum absolute atomic E-state index is 11.4. The lowest BCUT2D eigenvalue weighted by atomic mass is 10.1. The number of benzene rings is 1. The Morgan fingerprint density at radius 3 is 2.56 bits per heavy atom. The van der Waals surface area contributed by atoms with Gasteiger partial charge in [0.15, 0.2) is 0 Å². The first kappa shape index (κ1) is 12.6. The second-order valence-electron chi connectivity index (χ2n) is 3.89. The molecule has 0 aromatic heterocycles. The number of hydrogen-bond donors (Lipinski definition) is 1. The molecule has 0 spiro atoms. The van der Waals surface area contributed by atoms with Crippen LogP contribution in [0.3, 0.4) is 0 Å². The fourth-order valence-electron chi connectivity index (χ4n) is 1.24. The van der Waals surface area contributed by atoms with Crippen LogP contribution in [0, 0.1) is 5.92 Å². The summed E-state index contributed by atoms with van der Waals surface area (Å²) in [5.41, 5.74) is 1.05. The minimum atomic E-state index is -0.138. The highest BCUT2D eigenvalue weighted by Gasteiger charge is 2.11. The molecule has 0 fully saturated rings. The zero-order valence-electron chi connectivity index (χ0n) is 9.77. The number of esters is 1. The van der Waals surface area contributed by atoms with E-state index < -0.39 is 0 Å². The molecule has 0 saturated heterocycles. The van der Waals surface area contributed by atoms with Gasteiger partial charge < -0.3 is 9.84 Å². The third kappa shape index (κ3) is 3.93. The van der Waals surface area contributed by atoms with Gasteiger partial charge in [0.1, 0.15) is 5.75 Å². The van der Waals surface area contributed by atoms with Crippen molar-refractivity contribution in [2.75, 3.05) is 6.61 Å². The van der Waals surface area contributed by atoms with E-state index in [9.17, 15) is 4.79 Å². The summed E-state index contributed by atoms with van der Waals surface area (Å²) in [6.45, 7) is 4.22. The molecule has 0 heterocycles. The number of phenols is 1. The van der Waals surface area contributed by atoms with Gasteiger partial charge >= 0.3 is 5.97 Å². The van der Waals surface area contributed by atoms with Crippen molar-refractivity contribution < 1.29 is 14.6 Å². The minimum Gasteiger partial charge on any atom is -0.508 e. The van der Waals surface area contributed by atoms with Crippen molar-refractivity contribution in [3.05, 3.63) is 29.8 Å². The predicted octanol–water partition coefficient (Wildman–Crippen LogP) is 2.52. The summed E-state index contributed by atoms with van der Waals surface area (Å²) >= 11 is 0. The molecule has 0 aliphatic heterocycles. The smallest absolute Gasteiger partial charge is 0.308 e. The van der Waals surface area contributed by atoms with Crippen LogP contribution < -0.4 is 0 Å². The molecule has 1 aromatic rings. The van der Waals surface area contributed by atoms with Gasteiger partial charge in [-0.15, -0.1) is 0 Å².